The van der Waals surface area contributed by atoms with Crippen LogP contribution in [-0.4, -0.2) is 18.2 Å². The van der Waals surface area contributed by atoms with Gasteiger partial charge in [-0.2, -0.15) is 0 Å². The van der Waals surface area contributed by atoms with Crippen LogP contribution in [-0.2, 0) is 13.6 Å². The van der Waals surface area contributed by atoms with Crippen molar-refractivity contribution in [2.24, 2.45) is 0 Å². The summed E-state index contributed by atoms with van der Waals surface area (Å²) >= 11 is 1.55. The minimum atomic E-state index is -3.65. The van der Waals surface area contributed by atoms with E-state index in [9.17, 15) is 4.57 Å². The highest BCUT2D eigenvalue weighted by Gasteiger charge is 2.28. The Balaban J connectivity index is 2.00. The van der Waals surface area contributed by atoms with Gasteiger partial charge in [0.15, 0.2) is 0 Å². The Morgan fingerprint density at radius 1 is 1.00 bits per heavy atom. The lowest BCUT2D eigenvalue weighted by Gasteiger charge is -2.18. The van der Waals surface area contributed by atoms with Crippen LogP contribution in [0, 0.1) is 0 Å². The average Bonchev–Trinajstić information content (AvgIpc) is 2.99. The molecule has 0 atom stereocenters. The molecule has 0 N–H and O–H groups in total. The van der Waals surface area contributed by atoms with E-state index in [4.69, 9.17) is 13.6 Å². The lowest BCUT2D eigenvalue weighted by Crippen LogP contribution is -2.03. The molecule has 3 rings (SSSR count). The molecule has 126 valence electrons. The van der Waals surface area contributed by atoms with Crippen LogP contribution >= 0.6 is 19.2 Å². The topological polar surface area (TPSA) is 57.7 Å². The largest absolute Gasteiger partial charge is 0.530 e. The molecule has 0 aliphatic carbocycles. The van der Waals surface area contributed by atoms with Gasteiger partial charge in [0, 0.05) is 0 Å². The van der Waals surface area contributed by atoms with Gasteiger partial charge in [-0.1, -0.05) is 24.3 Å². The van der Waals surface area contributed by atoms with Crippen molar-refractivity contribution in [3.63, 3.8) is 0 Å². The Morgan fingerprint density at radius 3 is 2.38 bits per heavy atom. The third-order valence-corrected chi connectivity index (χ3v) is 5.83. The number of nitrogens with zero attached hydrogens (tertiary/aromatic N) is 1. The Hall–Kier alpha value is -1.72. The standard InChI is InChI=1S/C17H18NO4PS/c1-3-20-23(19,21-4-2)22-15-11-7-5-9-13(15)17-18-14-10-6-8-12-16(14)24-17/h5-12H,3-4H2,1-2H3. The summed E-state index contributed by atoms with van der Waals surface area (Å²) in [7, 11) is -3.65. The lowest BCUT2D eigenvalue weighted by atomic mass is 10.2. The Bertz CT molecular complexity index is 837. The fraction of sp³-hybridized carbons (Fsp3) is 0.235. The average molecular weight is 363 g/mol. The molecule has 0 fully saturated rings. The third-order valence-electron chi connectivity index (χ3n) is 3.20. The highest BCUT2D eigenvalue weighted by molar-refractivity contribution is 7.48. The summed E-state index contributed by atoms with van der Waals surface area (Å²) < 4.78 is 29.8. The van der Waals surface area contributed by atoms with Crippen molar-refractivity contribution < 1.29 is 18.1 Å². The summed E-state index contributed by atoms with van der Waals surface area (Å²) in [6.07, 6.45) is 0. The van der Waals surface area contributed by atoms with E-state index in [0.29, 0.717) is 5.75 Å². The van der Waals surface area contributed by atoms with Gasteiger partial charge in [0.25, 0.3) is 0 Å². The molecular weight excluding hydrogens is 345 g/mol. The first-order valence-electron chi connectivity index (χ1n) is 7.69. The summed E-state index contributed by atoms with van der Waals surface area (Å²) in [6.45, 7) is 3.96. The molecule has 0 aliphatic heterocycles. The van der Waals surface area contributed by atoms with E-state index in [-0.39, 0.29) is 13.2 Å². The highest BCUT2D eigenvalue weighted by Crippen LogP contribution is 2.51. The second kappa shape index (κ2) is 7.45. The fourth-order valence-electron chi connectivity index (χ4n) is 2.24. The molecular formula is C17H18NO4PS. The second-order valence-electron chi connectivity index (χ2n) is 4.86. The summed E-state index contributed by atoms with van der Waals surface area (Å²) in [5, 5.41) is 0.798. The van der Waals surface area contributed by atoms with Crippen LogP contribution in [0.1, 0.15) is 13.8 Å². The normalized spacial score (nSPS) is 11.8. The highest BCUT2D eigenvalue weighted by atomic mass is 32.1. The number of thiazole rings is 1. The Morgan fingerprint density at radius 2 is 1.67 bits per heavy atom. The lowest BCUT2D eigenvalue weighted by molar-refractivity contribution is 0.168. The zero-order valence-electron chi connectivity index (χ0n) is 13.5. The van der Waals surface area contributed by atoms with E-state index in [1.165, 1.54) is 0 Å². The summed E-state index contributed by atoms with van der Waals surface area (Å²) in [6, 6.07) is 15.2. The van der Waals surface area contributed by atoms with Crippen LogP contribution in [0.4, 0.5) is 0 Å². The van der Waals surface area contributed by atoms with Crippen molar-refractivity contribution in [3.05, 3.63) is 48.5 Å². The smallest absolute Gasteiger partial charge is 0.403 e. The maximum atomic E-state index is 12.7. The van der Waals surface area contributed by atoms with Gasteiger partial charge in [0.2, 0.25) is 0 Å². The molecule has 0 aliphatic rings. The van der Waals surface area contributed by atoms with E-state index >= 15 is 0 Å². The number of hydrogen-bond donors (Lipinski definition) is 0. The van der Waals surface area contributed by atoms with Gasteiger partial charge in [0.05, 0.1) is 29.0 Å². The van der Waals surface area contributed by atoms with Crippen molar-refractivity contribution in [1.29, 1.82) is 0 Å². The second-order valence-corrected chi connectivity index (χ2v) is 7.48. The molecule has 0 unspecified atom stereocenters. The van der Waals surface area contributed by atoms with E-state index in [1.54, 1.807) is 31.3 Å². The molecule has 0 saturated carbocycles. The number of hydrogen-bond acceptors (Lipinski definition) is 6. The molecule has 0 bridgehead atoms. The van der Waals surface area contributed by atoms with Crippen LogP contribution in [0.3, 0.4) is 0 Å². The Kier molecular flexibility index (Phi) is 5.31. The first kappa shape index (κ1) is 17.1. The number of rotatable bonds is 7. The van der Waals surface area contributed by atoms with Crippen LogP contribution in [0.5, 0.6) is 5.75 Å². The molecule has 0 spiro atoms. The van der Waals surface area contributed by atoms with Crippen molar-refractivity contribution in [2.75, 3.05) is 13.2 Å². The van der Waals surface area contributed by atoms with Crippen molar-refractivity contribution in [2.45, 2.75) is 13.8 Å². The summed E-state index contributed by atoms with van der Waals surface area (Å²) in [4.78, 5) is 4.63. The predicted molar refractivity (Wildman–Crippen MR) is 96.5 cm³/mol. The quantitative estimate of drug-likeness (QED) is 0.517. The van der Waals surface area contributed by atoms with E-state index in [1.807, 2.05) is 42.5 Å². The van der Waals surface area contributed by atoms with Gasteiger partial charge in [-0.3, -0.25) is 9.05 Å². The fourth-order valence-corrected chi connectivity index (χ4v) is 4.45. The number of benzene rings is 2. The van der Waals surface area contributed by atoms with Gasteiger partial charge < -0.3 is 4.52 Å². The Labute approximate surface area is 144 Å². The first-order chi connectivity index (χ1) is 11.6. The molecule has 5 nitrogen and oxygen atoms in total. The van der Waals surface area contributed by atoms with Crippen LogP contribution in [0.25, 0.3) is 20.8 Å². The van der Waals surface area contributed by atoms with Crippen molar-refractivity contribution in [3.8, 4) is 16.3 Å². The molecule has 1 aromatic heterocycles. The first-order valence-corrected chi connectivity index (χ1v) is 9.96. The molecule has 0 saturated heterocycles. The van der Waals surface area contributed by atoms with Crippen molar-refractivity contribution >= 4 is 29.4 Å². The van der Waals surface area contributed by atoms with Gasteiger partial charge in [0.1, 0.15) is 10.8 Å². The maximum Gasteiger partial charge on any atom is 0.530 e. The monoisotopic (exact) mass is 363 g/mol. The predicted octanol–water partition coefficient (Wildman–Crippen LogP) is 5.52. The maximum absolute atomic E-state index is 12.7. The minimum Gasteiger partial charge on any atom is -0.403 e. The summed E-state index contributed by atoms with van der Waals surface area (Å²) in [5.41, 5.74) is 1.68. The molecule has 0 radical (unpaired) electrons. The zero-order valence-corrected chi connectivity index (χ0v) is 15.2. The van der Waals surface area contributed by atoms with Crippen LogP contribution in [0.2, 0.25) is 0 Å². The van der Waals surface area contributed by atoms with Crippen LogP contribution < -0.4 is 4.52 Å². The minimum absolute atomic E-state index is 0.237. The number of fused-ring (bicyclic) bond motifs is 1. The van der Waals surface area contributed by atoms with Crippen LogP contribution in [0.15, 0.2) is 48.5 Å². The van der Waals surface area contributed by atoms with E-state index in [2.05, 4.69) is 4.98 Å². The van der Waals surface area contributed by atoms with Gasteiger partial charge in [-0.25, -0.2) is 9.55 Å². The number of phosphoric acid groups is 1. The van der Waals surface area contributed by atoms with Gasteiger partial charge in [-0.15, -0.1) is 11.3 Å². The molecule has 7 heteroatoms. The van der Waals surface area contributed by atoms with E-state index in [0.717, 1.165) is 20.8 Å². The molecule has 24 heavy (non-hydrogen) atoms. The summed E-state index contributed by atoms with van der Waals surface area (Å²) in [5.74, 6) is 0.432. The van der Waals surface area contributed by atoms with E-state index < -0.39 is 7.82 Å². The SMILES string of the molecule is CCOP(=O)(OCC)Oc1ccccc1-c1nc2ccccc2s1. The zero-order chi connectivity index (χ0) is 17.0. The van der Waals surface area contributed by atoms with Gasteiger partial charge in [-0.05, 0) is 38.1 Å². The van der Waals surface area contributed by atoms with Gasteiger partial charge >= 0.3 is 7.82 Å². The molecule has 3 aromatic rings. The molecule has 2 aromatic carbocycles. The van der Waals surface area contributed by atoms with Crippen molar-refractivity contribution in [1.82, 2.24) is 4.98 Å². The number of aromatic nitrogens is 1. The molecule has 1 heterocycles. The number of phosphoric ester groups is 1. The molecule has 0 amide bonds. The third kappa shape index (κ3) is 3.68. The number of para-hydroxylation sites is 2.